The topological polar surface area (TPSA) is 228 Å². The van der Waals surface area contributed by atoms with E-state index in [1.165, 1.54) is 0 Å². The molecule has 9 aromatic rings. The number of carbonyl (C=O) groups is 6. The summed E-state index contributed by atoms with van der Waals surface area (Å²) in [5, 5.41) is 17.3. The predicted octanol–water partition coefficient (Wildman–Crippen LogP) is 14.8. The first kappa shape index (κ1) is 70.5. The van der Waals surface area contributed by atoms with E-state index in [0.29, 0.717) is 55.8 Å². The lowest BCUT2D eigenvalue weighted by Gasteiger charge is -2.20. The maximum Gasteiger partial charge on any atom is 0.407 e. The summed E-state index contributed by atoms with van der Waals surface area (Å²) in [6, 6.07) is 64.8. The van der Waals surface area contributed by atoms with Gasteiger partial charge >= 0.3 is 18.3 Å². The van der Waals surface area contributed by atoms with E-state index in [0.717, 1.165) is 66.9 Å². The van der Waals surface area contributed by atoms with Crippen LogP contribution in [0.25, 0.3) is 33.4 Å². The molecule has 0 radical (unpaired) electrons. The Morgan fingerprint density at radius 2 is 0.681 bits per heavy atom. The summed E-state index contributed by atoms with van der Waals surface area (Å²) in [5.74, 6) is -0.468. The molecule has 17 heteroatoms. The van der Waals surface area contributed by atoms with Crippen LogP contribution in [0.15, 0.2) is 225 Å². The fourth-order valence-electron chi connectivity index (χ4n) is 9.61. The molecule has 6 N–H and O–H groups in total. The molecule has 0 unspecified atom stereocenters. The van der Waals surface area contributed by atoms with Crippen molar-refractivity contribution in [1.29, 1.82) is 0 Å². The highest BCUT2D eigenvalue weighted by Crippen LogP contribution is 2.31. The second-order valence-electron chi connectivity index (χ2n) is 24.7. The first-order chi connectivity index (χ1) is 45.0. The fourth-order valence-corrected chi connectivity index (χ4v) is 9.61. The zero-order valence-electron chi connectivity index (χ0n) is 54.9. The minimum Gasteiger partial charge on any atom is -0.444 e. The third-order valence-electron chi connectivity index (χ3n) is 13.8. The van der Waals surface area contributed by atoms with Gasteiger partial charge in [-0.1, -0.05) is 170 Å². The molecular weight excluding hydrogens is 1180 g/mol. The van der Waals surface area contributed by atoms with Crippen molar-refractivity contribution in [3.63, 3.8) is 0 Å². The monoisotopic (exact) mass is 1260 g/mol. The smallest absolute Gasteiger partial charge is 0.407 e. The number of hydrogen-bond acceptors (Lipinski definition) is 11. The molecule has 2 aromatic heterocycles. The maximum atomic E-state index is 12.9. The number of hydrogen-bond donors (Lipinski definition) is 6. The number of aromatic nitrogens is 2. The first-order valence-corrected chi connectivity index (χ1v) is 31.1. The van der Waals surface area contributed by atoms with Crippen LogP contribution in [0.5, 0.6) is 0 Å². The fraction of sp³-hybridized carbons (Fsp3) is 0.247. The summed E-state index contributed by atoms with van der Waals surface area (Å²) in [6.45, 7) is 18.6. The Kier molecular flexibility index (Phi) is 25.9. The van der Waals surface area contributed by atoms with Crippen molar-refractivity contribution in [3.05, 3.63) is 275 Å². The molecule has 486 valence electrons. The van der Waals surface area contributed by atoms with Gasteiger partial charge in [-0.05, 0) is 166 Å². The highest BCUT2D eigenvalue weighted by Gasteiger charge is 2.22. The quantitative estimate of drug-likeness (QED) is 0.0417. The van der Waals surface area contributed by atoms with Gasteiger partial charge in [0.25, 0.3) is 17.7 Å². The van der Waals surface area contributed by atoms with Crippen LogP contribution in [0.1, 0.15) is 127 Å². The second kappa shape index (κ2) is 34.5. The summed E-state index contributed by atoms with van der Waals surface area (Å²) in [7, 11) is 0. The molecule has 0 saturated carbocycles. The average molecular weight is 1270 g/mol. The van der Waals surface area contributed by atoms with Crippen LogP contribution < -0.4 is 31.9 Å². The molecule has 6 amide bonds. The average Bonchev–Trinajstić information content (AvgIpc) is 0.857. The Morgan fingerprint density at radius 1 is 0.330 bits per heavy atom. The second-order valence-corrected chi connectivity index (χ2v) is 24.7. The SMILES string of the molecule is CC(C)(C)OC(=O)NCc1ccccc1-c1ccccc1C(=O)NCCc1cccnc1.CC(C)(C)OC(=O)NCc1ccccc1-c1ccccc1C(=O)NCc1ccccc1.CC(C)(C)OC(=O)NCc1ccccc1-c1ccccc1C(=O)NCc1ccccn1. The number of carbonyl (C=O) groups excluding carboxylic acids is 6. The van der Waals surface area contributed by atoms with Gasteiger partial charge in [0.15, 0.2) is 0 Å². The lowest BCUT2D eigenvalue weighted by atomic mass is 9.95. The van der Waals surface area contributed by atoms with Crippen molar-refractivity contribution in [2.75, 3.05) is 6.54 Å². The van der Waals surface area contributed by atoms with E-state index in [-0.39, 0.29) is 24.3 Å². The van der Waals surface area contributed by atoms with E-state index in [4.69, 9.17) is 14.2 Å². The molecular formula is C77H84N8O9. The van der Waals surface area contributed by atoms with E-state index in [1.54, 1.807) is 24.7 Å². The van der Waals surface area contributed by atoms with Crippen LogP contribution >= 0.6 is 0 Å². The van der Waals surface area contributed by atoms with E-state index in [1.807, 2.05) is 263 Å². The summed E-state index contributed by atoms with van der Waals surface area (Å²) in [6.07, 6.45) is 4.50. The predicted molar refractivity (Wildman–Crippen MR) is 368 cm³/mol. The number of amides is 6. The molecule has 0 aliphatic carbocycles. The number of ether oxygens (including phenoxy) is 3. The molecule has 0 aliphatic rings. The minimum absolute atomic E-state index is 0.139. The largest absolute Gasteiger partial charge is 0.444 e. The number of nitrogens with one attached hydrogen (secondary N) is 6. The Balaban J connectivity index is 0.000000200. The third-order valence-corrected chi connectivity index (χ3v) is 13.8. The van der Waals surface area contributed by atoms with Gasteiger partial charge < -0.3 is 46.1 Å². The van der Waals surface area contributed by atoms with E-state index in [9.17, 15) is 28.8 Å². The van der Waals surface area contributed by atoms with E-state index >= 15 is 0 Å². The lowest BCUT2D eigenvalue weighted by molar-refractivity contribution is 0.0512. The van der Waals surface area contributed by atoms with Gasteiger partial charge in [-0.2, -0.15) is 0 Å². The van der Waals surface area contributed by atoms with Gasteiger partial charge in [0.05, 0.1) is 12.2 Å². The minimum atomic E-state index is -0.568. The molecule has 0 aliphatic heterocycles. The van der Waals surface area contributed by atoms with Crippen molar-refractivity contribution in [3.8, 4) is 33.4 Å². The molecule has 9 rings (SSSR count). The number of rotatable bonds is 19. The summed E-state index contributed by atoms with van der Waals surface area (Å²) in [5.41, 5.74) is 10.7. The van der Waals surface area contributed by atoms with Gasteiger partial charge in [-0.25, -0.2) is 14.4 Å². The Morgan fingerprint density at radius 3 is 1.06 bits per heavy atom. The first-order valence-electron chi connectivity index (χ1n) is 31.1. The summed E-state index contributed by atoms with van der Waals surface area (Å²) < 4.78 is 16.0. The molecule has 0 spiro atoms. The molecule has 0 fully saturated rings. The standard InChI is InChI=1S/C26H29N3O3.C26H28N2O3.C25H27N3O3/c1-26(2,3)32-25(31)29-18-20-10-4-5-11-21(20)22-12-6-7-13-23(22)24(30)28-16-14-19-9-8-15-27-17-19;1-26(2,3)31-25(30)28-18-20-13-7-8-14-21(20)22-15-9-10-16-23(22)24(29)27-17-19-11-5-4-6-12-19;1-25(2,3)31-24(30)28-16-18-10-4-5-12-20(18)21-13-6-7-14-22(21)23(29)27-17-19-11-8-9-15-26-19/h4-13,15,17H,14,16,18H2,1-3H3,(H,28,30)(H,29,31);4-16H,17-18H2,1-3H3,(H,27,29)(H,28,30);4-15H,16-17H2,1-3H3,(H,27,29)(H,28,30). The van der Waals surface area contributed by atoms with Crippen molar-refractivity contribution < 1.29 is 43.0 Å². The van der Waals surface area contributed by atoms with Gasteiger partial charge in [0.1, 0.15) is 16.8 Å². The molecule has 0 atom stereocenters. The van der Waals surface area contributed by atoms with E-state index in [2.05, 4.69) is 41.9 Å². The highest BCUT2D eigenvalue weighted by molar-refractivity contribution is 6.03. The summed E-state index contributed by atoms with van der Waals surface area (Å²) in [4.78, 5) is 83.4. The zero-order chi connectivity index (χ0) is 67.5. The number of alkyl carbamates (subject to hydrolysis) is 3. The summed E-state index contributed by atoms with van der Waals surface area (Å²) >= 11 is 0. The van der Waals surface area contributed by atoms with Crippen LogP contribution in [-0.4, -0.2) is 69.3 Å². The van der Waals surface area contributed by atoms with E-state index < -0.39 is 35.1 Å². The van der Waals surface area contributed by atoms with Crippen LogP contribution in [0.2, 0.25) is 0 Å². The molecule has 17 nitrogen and oxygen atoms in total. The molecule has 7 aromatic carbocycles. The lowest BCUT2D eigenvalue weighted by Crippen LogP contribution is -2.32. The molecule has 0 saturated heterocycles. The van der Waals surface area contributed by atoms with Crippen LogP contribution in [-0.2, 0) is 53.4 Å². The Labute approximate surface area is 551 Å². The molecule has 94 heavy (non-hydrogen) atoms. The normalized spacial score (nSPS) is 10.9. The number of benzene rings is 7. The molecule has 0 bridgehead atoms. The van der Waals surface area contributed by atoms with Gasteiger partial charge in [-0.15, -0.1) is 0 Å². The number of nitrogens with zero attached hydrogens (tertiary/aromatic N) is 2. The van der Waals surface area contributed by atoms with Gasteiger partial charge in [-0.3, -0.25) is 24.4 Å². The van der Waals surface area contributed by atoms with Crippen LogP contribution in [0.4, 0.5) is 14.4 Å². The highest BCUT2D eigenvalue weighted by atomic mass is 16.6. The zero-order valence-corrected chi connectivity index (χ0v) is 54.9. The third kappa shape index (κ3) is 23.4. The Hall–Kier alpha value is -10.9. The van der Waals surface area contributed by atoms with Crippen molar-refractivity contribution >= 4 is 36.0 Å². The van der Waals surface area contributed by atoms with Gasteiger partial charge in [0.2, 0.25) is 0 Å². The Bertz CT molecular complexity index is 3790. The van der Waals surface area contributed by atoms with Crippen molar-refractivity contribution in [2.24, 2.45) is 0 Å². The van der Waals surface area contributed by atoms with Crippen LogP contribution in [0, 0.1) is 0 Å². The van der Waals surface area contributed by atoms with Gasteiger partial charge in [0, 0.05) is 68.0 Å². The maximum absolute atomic E-state index is 12.9. The number of pyridine rings is 2. The van der Waals surface area contributed by atoms with Crippen molar-refractivity contribution in [2.45, 2.75) is 118 Å². The molecule has 2 heterocycles. The van der Waals surface area contributed by atoms with Crippen LogP contribution in [0.3, 0.4) is 0 Å². The van der Waals surface area contributed by atoms with Crippen molar-refractivity contribution in [1.82, 2.24) is 41.9 Å².